The fourth-order valence-corrected chi connectivity index (χ4v) is 5.58. The zero-order valence-electron chi connectivity index (χ0n) is 21.1. The maximum absolute atomic E-state index is 13.5. The Morgan fingerprint density at radius 1 is 1.03 bits per heavy atom. The van der Waals surface area contributed by atoms with Gasteiger partial charge in [-0.05, 0) is 47.9 Å². The van der Waals surface area contributed by atoms with E-state index in [1.807, 2.05) is 48.1 Å². The van der Waals surface area contributed by atoms with E-state index in [2.05, 4.69) is 4.98 Å². The lowest BCUT2D eigenvalue weighted by Gasteiger charge is -2.26. The summed E-state index contributed by atoms with van der Waals surface area (Å²) in [5.74, 6) is 0.00128. The van der Waals surface area contributed by atoms with Crippen LogP contribution in [0.1, 0.15) is 39.4 Å². The number of ether oxygens (including phenoxy) is 3. The summed E-state index contributed by atoms with van der Waals surface area (Å²) in [7, 11) is 3.51. The molecule has 1 atom stereocenters. The number of rotatable bonds is 3. The van der Waals surface area contributed by atoms with E-state index >= 15 is 0 Å². The topological polar surface area (TPSA) is 99.6 Å². The Hall–Kier alpha value is -5.11. The molecule has 3 aromatic carbocycles. The van der Waals surface area contributed by atoms with Crippen molar-refractivity contribution in [2.45, 2.75) is 12.3 Å². The van der Waals surface area contributed by atoms with E-state index in [0.29, 0.717) is 33.7 Å². The lowest BCUT2D eigenvalue weighted by molar-refractivity contribution is -0.135. The zero-order chi connectivity index (χ0) is 26.8. The minimum atomic E-state index is -0.656. The number of carbonyl (C=O) groups excluding carboxylic acids is 2. The number of fused-ring (bicyclic) bond motifs is 5. The van der Waals surface area contributed by atoms with Crippen LogP contribution in [0.4, 0.5) is 0 Å². The molecule has 2 aliphatic heterocycles. The number of ketones is 1. The number of aromatic amines is 1. The van der Waals surface area contributed by atoms with E-state index in [9.17, 15) is 14.4 Å². The number of aryl methyl sites for hydroxylation is 1. The molecule has 0 bridgehead atoms. The first-order valence-corrected chi connectivity index (χ1v) is 12.5. The summed E-state index contributed by atoms with van der Waals surface area (Å²) in [6, 6.07) is 18.3. The summed E-state index contributed by atoms with van der Waals surface area (Å²) >= 11 is 0. The summed E-state index contributed by atoms with van der Waals surface area (Å²) in [5.41, 5.74) is 3.43. The Morgan fingerprint density at radius 2 is 1.87 bits per heavy atom. The Balaban J connectivity index is 1.36. The van der Waals surface area contributed by atoms with Crippen molar-refractivity contribution in [1.82, 2.24) is 9.55 Å². The maximum Gasteiger partial charge on any atom is 0.312 e. The van der Waals surface area contributed by atoms with E-state index in [0.717, 1.165) is 21.9 Å². The number of benzene rings is 3. The van der Waals surface area contributed by atoms with Crippen LogP contribution in [0.5, 0.6) is 17.2 Å². The van der Waals surface area contributed by atoms with Gasteiger partial charge in [-0.1, -0.05) is 18.2 Å². The first-order valence-electron chi connectivity index (χ1n) is 12.5. The minimum absolute atomic E-state index is 0.0614. The van der Waals surface area contributed by atoms with Gasteiger partial charge in [0.2, 0.25) is 5.78 Å². The third kappa shape index (κ3) is 3.56. The molecule has 8 heteroatoms. The summed E-state index contributed by atoms with van der Waals surface area (Å²) in [6.45, 7) is 0. The largest absolute Gasteiger partial charge is 0.497 e. The second-order valence-corrected chi connectivity index (χ2v) is 9.74. The Labute approximate surface area is 222 Å². The SMILES string of the molecule is COc1ccc2cc(C3CC(=O)Oc4ccc5c(c43)OC(=Cc3cn(C)c4ccccc34)C5=O)c(=O)[nH]c2c1. The van der Waals surface area contributed by atoms with Gasteiger partial charge in [-0.3, -0.25) is 14.4 Å². The molecular formula is C31H22N2O6. The number of pyridine rings is 1. The predicted molar refractivity (Wildman–Crippen MR) is 146 cm³/mol. The van der Waals surface area contributed by atoms with Crippen molar-refractivity contribution in [2.75, 3.05) is 7.11 Å². The molecule has 0 spiro atoms. The van der Waals surface area contributed by atoms with E-state index < -0.39 is 11.9 Å². The Bertz CT molecular complexity index is 1960. The molecule has 0 saturated heterocycles. The number of nitrogens with zero attached hydrogens (tertiary/aromatic N) is 1. The molecule has 4 heterocycles. The highest BCUT2D eigenvalue weighted by molar-refractivity contribution is 6.15. The van der Waals surface area contributed by atoms with E-state index in [-0.39, 0.29) is 29.3 Å². The molecule has 0 amide bonds. The molecule has 0 fully saturated rings. The fraction of sp³-hybridized carbons (Fsp3) is 0.129. The van der Waals surface area contributed by atoms with Crippen molar-refractivity contribution in [3.63, 3.8) is 0 Å². The first-order chi connectivity index (χ1) is 18.9. The average Bonchev–Trinajstić information content (AvgIpc) is 3.43. The lowest BCUT2D eigenvalue weighted by atomic mass is 9.85. The normalized spacial score (nSPS) is 17.3. The number of Topliss-reactive ketones (excluding diaryl/α,β-unsaturated/α-hetero) is 1. The monoisotopic (exact) mass is 518 g/mol. The lowest BCUT2D eigenvalue weighted by Crippen LogP contribution is -2.26. The molecule has 7 rings (SSSR count). The van der Waals surface area contributed by atoms with Gasteiger partial charge >= 0.3 is 5.97 Å². The van der Waals surface area contributed by atoms with E-state index in [4.69, 9.17) is 14.2 Å². The van der Waals surface area contributed by atoms with Gasteiger partial charge < -0.3 is 23.8 Å². The molecule has 2 aliphatic rings. The number of hydrogen-bond donors (Lipinski definition) is 1. The molecule has 8 nitrogen and oxygen atoms in total. The summed E-state index contributed by atoms with van der Waals surface area (Å²) < 4.78 is 19.0. The molecule has 1 unspecified atom stereocenters. The molecule has 1 N–H and O–H groups in total. The van der Waals surface area contributed by atoms with Gasteiger partial charge in [-0.2, -0.15) is 0 Å². The highest BCUT2D eigenvalue weighted by atomic mass is 16.5. The summed E-state index contributed by atoms with van der Waals surface area (Å²) in [6.07, 6.45) is 3.62. The molecule has 2 aromatic heterocycles. The number of aromatic nitrogens is 2. The predicted octanol–water partition coefficient (Wildman–Crippen LogP) is 5.09. The van der Waals surface area contributed by atoms with E-state index in [1.165, 1.54) is 0 Å². The highest BCUT2D eigenvalue weighted by Gasteiger charge is 2.39. The minimum Gasteiger partial charge on any atom is -0.497 e. The van der Waals surface area contributed by atoms with Crippen molar-refractivity contribution < 1.29 is 23.8 Å². The third-order valence-corrected chi connectivity index (χ3v) is 7.45. The van der Waals surface area contributed by atoms with Crippen LogP contribution in [-0.2, 0) is 11.8 Å². The average molecular weight is 519 g/mol. The molecule has 0 saturated carbocycles. The van der Waals surface area contributed by atoms with Gasteiger partial charge in [0.25, 0.3) is 5.56 Å². The van der Waals surface area contributed by atoms with Crippen LogP contribution >= 0.6 is 0 Å². The quantitative estimate of drug-likeness (QED) is 0.203. The van der Waals surface area contributed by atoms with Gasteiger partial charge in [-0.25, -0.2) is 0 Å². The zero-order valence-corrected chi connectivity index (χ0v) is 21.1. The van der Waals surface area contributed by atoms with Crippen molar-refractivity contribution in [3.05, 3.63) is 105 Å². The number of methoxy groups -OCH3 is 1. The van der Waals surface area contributed by atoms with Gasteiger partial charge in [0.05, 0.1) is 24.6 Å². The second kappa shape index (κ2) is 8.46. The Morgan fingerprint density at radius 3 is 2.72 bits per heavy atom. The van der Waals surface area contributed by atoms with Crippen LogP contribution in [0.15, 0.2) is 77.4 Å². The van der Waals surface area contributed by atoms with Crippen molar-refractivity contribution in [3.8, 4) is 17.2 Å². The van der Waals surface area contributed by atoms with Gasteiger partial charge in [0.1, 0.15) is 17.2 Å². The third-order valence-electron chi connectivity index (χ3n) is 7.45. The van der Waals surface area contributed by atoms with Crippen LogP contribution < -0.4 is 19.8 Å². The van der Waals surface area contributed by atoms with Crippen LogP contribution in [0.2, 0.25) is 0 Å². The second-order valence-electron chi connectivity index (χ2n) is 9.74. The number of carbonyl (C=O) groups is 2. The number of allylic oxidation sites excluding steroid dienone is 1. The van der Waals surface area contributed by atoms with Crippen LogP contribution in [0.3, 0.4) is 0 Å². The van der Waals surface area contributed by atoms with Crippen molar-refractivity contribution in [2.24, 2.45) is 7.05 Å². The van der Waals surface area contributed by atoms with Crippen LogP contribution in [0, 0.1) is 0 Å². The highest BCUT2D eigenvalue weighted by Crippen LogP contribution is 2.48. The number of esters is 1. The van der Waals surface area contributed by atoms with Crippen molar-refractivity contribution in [1.29, 1.82) is 0 Å². The molecule has 5 aromatic rings. The van der Waals surface area contributed by atoms with Crippen molar-refractivity contribution >= 4 is 39.6 Å². The maximum atomic E-state index is 13.5. The number of H-pyrrole nitrogens is 1. The number of hydrogen-bond acceptors (Lipinski definition) is 6. The molecular weight excluding hydrogens is 496 g/mol. The standard InChI is InChI=1S/C31H22N2O6/c1-33-15-17(19-5-3-4-6-24(19)33)12-26-29(35)20-9-10-25-28(30(20)39-26)21(14-27(34)38-25)22-11-16-7-8-18(37-2)13-23(16)32-31(22)36/h3-13,15,21H,14H2,1-2H3,(H,32,36). The van der Waals surface area contributed by atoms with Gasteiger partial charge in [0, 0.05) is 52.8 Å². The van der Waals surface area contributed by atoms with Gasteiger partial charge in [0.15, 0.2) is 5.76 Å². The number of para-hydroxylation sites is 1. The molecule has 39 heavy (non-hydrogen) atoms. The van der Waals surface area contributed by atoms with Crippen LogP contribution in [-0.4, -0.2) is 28.4 Å². The molecule has 0 aliphatic carbocycles. The molecule has 0 radical (unpaired) electrons. The summed E-state index contributed by atoms with van der Waals surface area (Å²) in [4.78, 5) is 42.2. The smallest absolute Gasteiger partial charge is 0.312 e. The molecule has 192 valence electrons. The van der Waals surface area contributed by atoms with E-state index in [1.54, 1.807) is 43.5 Å². The van der Waals surface area contributed by atoms with Crippen LogP contribution in [0.25, 0.3) is 27.9 Å². The Kier molecular flexibility index (Phi) is 5.00. The summed E-state index contributed by atoms with van der Waals surface area (Å²) in [5, 5.41) is 1.78. The van der Waals surface area contributed by atoms with Gasteiger partial charge in [-0.15, -0.1) is 0 Å². The number of nitrogens with one attached hydrogen (secondary N) is 1. The fourth-order valence-electron chi connectivity index (χ4n) is 5.58. The first kappa shape index (κ1) is 23.0.